The number of carbonyl (C=O) groups is 1. The third-order valence-corrected chi connectivity index (χ3v) is 4.05. The van der Waals surface area contributed by atoms with Crippen LogP contribution in [0.15, 0.2) is 34.9 Å². The van der Waals surface area contributed by atoms with Crippen LogP contribution in [0.5, 0.6) is 0 Å². The second-order valence-electron chi connectivity index (χ2n) is 5.84. The molecular weight excluding hydrogens is 304 g/mol. The number of fused-ring (bicyclic) bond motifs is 1. The fraction of sp³-hybridized carbons (Fsp3) is 0.389. The quantitative estimate of drug-likeness (QED) is 0.696. The van der Waals surface area contributed by atoms with Gasteiger partial charge in [0.25, 0.3) is 5.91 Å². The first kappa shape index (κ1) is 16.2. The summed E-state index contributed by atoms with van der Waals surface area (Å²) in [6.07, 6.45) is 4.42. The highest BCUT2D eigenvalue weighted by Crippen LogP contribution is 2.21. The van der Waals surface area contributed by atoms with Crippen molar-refractivity contribution >= 4 is 11.6 Å². The Hall–Kier alpha value is -2.63. The van der Waals surface area contributed by atoms with E-state index in [1.54, 1.807) is 15.7 Å². The van der Waals surface area contributed by atoms with Gasteiger partial charge in [-0.25, -0.2) is 9.50 Å². The molecule has 0 spiro atoms. The first-order chi connectivity index (χ1) is 11.6. The number of amides is 1. The van der Waals surface area contributed by atoms with Crippen molar-refractivity contribution in [2.45, 2.75) is 33.1 Å². The Bertz CT molecular complexity index is 836. The predicted molar refractivity (Wildman–Crippen MR) is 91.9 cm³/mol. The van der Waals surface area contributed by atoms with E-state index in [4.69, 9.17) is 4.42 Å². The normalized spacial score (nSPS) is 11.1. The first-order valence-electron chi connectivity index (χ1n) is 8.33. The lowest BCUT2D eigenvalue weighted by Gasteiger charge is -2.16. The number of rotatable bonds is 6. The molecule has 0 aliphatic rings. The van der Waals surface area contributed by atoms with Crippen molar-refractivity contribution in [1.82, 2.24) is 19.5 Å². The van der Waals surface area contributed by atoms with Crippen LogP contribution < -0.4 is 0 Å². The van der Waals surface area contributed by atoms with Crippen LogP contribution in [-0.2, 0) is 6.42 Å². The van der Waals surface area contributed by atoms with Crippen LogP contribution in [0.4, 0.5) is 0 Å². The highest BCUT2D eigenvalue weighted by Gasteiger charge is 2.17. The van der Waals surface area contributed by atoms with Crippen molar-refractivity contribution in [1.29, 1.82) is 0 Å². The summed E-state index contributed by atoms with van der Waals surface area (Å²) in [5.74, 6) is 0.636. The second-order valence-corrected chi connectivity index (χ2v) is 5.84. The zero-order valence-corrected chi connectivity index (χ0v) is 14.3. The molecule has 0 bridgehead atoms. The maximum absolute atomic E-state index is 12.6. The monoisotopic (exact) mass is 326 g/mol. The minimum absolute atomic E-state index is 0.0543. The van der Waals surface area contributed by atoms with E-state index in [0.717, 1.165) is 31.5 Å². The van der Waals surface area contributed by atoms with Gasteiger partial charge in [-0.3, -0.25) is 4.79 Å². The Balaban J connectivity index is 2.00. The lowest BCUT2D eigenvalue weighted by Crippen LogP contribution is -2.28. The van der Waals surface area contributed by atoms with Crippen LogP contribution in [-0.4, -0.2) is 39.0 Å². The molecule has 0 aliphatic heterocycles. The number of aryl methyl sites for hydroxylation is 1. The van der Waals surface area contributed by atoms with Crippen LogP contribution in [0.3, 0.4) is 0 Å². The molecule has 0 fully saturated rings. The third kappa shape index (κ3) is 3.04. The summed E-state index contributed by atoms with van der Waals surface area (Å²) in [6.45, 7) is 4.89. The molecule has 126 valence electrons. The van der Waals surface area contributed by atoms with E-state index in [2.05, 4.69) is 17.0 Å². The Kier molecular flexibility index (Phi) is 4.64. The summed E-state index contributed by atoms with van der Waals surface area (Å²) in [5, 5.41) is 4.56. The van der Waals surface area contributed by atoms with Gasteiger partial charge in [-0.05, 0) is 31.0 Å². The maximum atomic E-state index is 12.6. The molecule has 3 aromatic heterocycles. The van der Waals surface area contributed by atoms with Gasteiger partial charge < -0.3 is 9.32 Å². The van der Waals surface area contributed by atoms with Gasteiger partial charge in [-0.1, -0.05) is 20.3 Å². The molecule has 0 saturated carbocycles. The molecule has 0 aliphatic carbocycles. The fourth-order valence-electron chi connectivity index (χ4n) is 2.64. The lowest BCUT2D eigenvalue weighted by atomic mass is 10.2. The van der Waals surface area contributed by atoms with Gasteiger partial charge >= 0.3 is 0 Å². The third-order valence-electron chi connectivity index (χ3n) is 4.05. The topological polar surface area (TPSA) is 63.6 Å². The minimum atomic E-state index is -0.0543. The van der Waals surface area contributed by atoms with Crippen molar-refractivity contribution in [3.63, 3.8) is 0 Å². The number of nitrogens with zero attached hydrogens (tertiary/aromatic N) is 4. The van der Waals surface area contributed by atoms with Gasteiger partial charge in [0.15, 0.2) is 11.4 Å². The lowest BCUT2D eigenvalue weighted by molar-refractivity contribution is 0.0787. The van der Waals surface area contributed by atoms with Crippen LogP contribution in [0.1, 0.15) is 42.9 Å². The largest absolute Gasteiger partial charge is 0.463 e. The van der Waals surface area contributed by atoms with Crippen molar-refractivity contribution in [3.8, 4) is 11.5 Å². The maximum Gasteiger partial charge on any atom is 0.272 e. The highest BCUT2D eigenvalue weighted by molar-refractivity contribution is 5.92. The Morgan fingerprint density at radius 1 is 1.33 bits per heavy atom. The van der Waals surface area contributed by atoms with Crippen LogP contribution in [0.2, 0.25) is 0 Å². The van der Waals surface area contributed by atoms with Crippen LogP contribution >= 0.6 is 0 Å². The number of carbonyl (C=O) groups excluding carboxylic acids is 1. The average Bonchev–Trinajstić information content (AvgIpc) is 3.26. The summed E-state index contributed by atoms with van der Waals surface area (Å²) >= 11 is 0. The SMILES string of the molecule is CCCCN(C)C(=O)c1cc(CC)n2nc(-c3ccco3)cc2n1. The van der Waals surface area contributed by atoms with Gasteiger partial charge in [0, 0.05) is 25.4 Å². The average molecular weight is 326 g/mol. The van der Waals surface area contributed by atoms with E-state index in [-0.39, 0.29) is 5.91 Å². The van der Waals surface area contributed by atoms with Gasteiger partial charge in [-0.2, -0.15) is 5.10 Å². The zero-order valence-electron chi connectivity index (χ0n) is 14.3. The summed E-state index contributed by atoms with van der Waals surface area (Å²) in [5.41, 5.74) is 2.79. The number of unbranched alkanes of at least 4 members (excludes halogenated alkanes) is 1. The van der Waals surface area contributed by atoms with Crippen molar-refractivity contribution in [2.24, 2.45) is 0 Å². The number of hydrogen-bond donors (Lipinski definition) is 0. The van der Waals surface area contributed by atoms with E-state index in [1.165, 1.54) is 0 Å². The van der Waals surface area contributed by atoms with Crippen LogP contribution in [0.25, 0.3) is 17.1 Å². The predicted octanol–water partition coefficient (Wildman–Crippen LogP) is 3.42. The zero-order chi connectivity index (χ0) is 17.1. The molecule has 0 atom stereocenters. The number of furan rings is 1. The Morgan fingerprint density at radius 3 is 2.83 bits per heavy atom. The molecule has 3 heterocycles. The molecule has 6 nitrogen and oxygen atoms in total. The summed E-state index contributed by atoms with van der Waals surface area (Å²) in [6, 6.07) is 7.36. The Morgan fingerprint density at radius 2 is 2.17 bits per heavy atom. The standard InChI is InChI=1S/C18H22N4O2/c1-4-6-9-21(3)18(23)15-11-13(5-2)22-17(19-15)12-14(20-22)16-8-7-10-24-16/h7-8,10-12H,4-6,9H2,1-3H3. The van der Waals surface area contributed by atoms with Gasteiger partial charge in [0.1, 0.15) is 11.4 Å². The molecule has 0 saturated heterocycles. The summed E-state index contributed by atoms with van der Waals surface area (Å²) in [7, 11) is 1.82. The fourth-order valence-corrected chi connectivity index (χ4v) is 2.64. The van der Waals surface area contributed by atoms with E-state index in [9.17, 15) is 4.79 Å². The summed E-state index contributed by atoms with van der Waals surface area (Å²) < 4.78 is 7.18. The van der Waals surface area contributed by atoms with E-state index in [0.29, 0.717) is 22.8 Å². The van der Waals surface area contributed by atoms with E-state index < -0.39 is 0 Å². The highest BCUT2D eigenvalue weighted by atomic mass is 16.3. The van der Waals surface area contributed by atoms with Gasteiger partial charge in [0.2, 0.25) is 0 Å². The Labute approximate surface area is 141 Å². The molecule has 0 radical (unpaired) electrons. The van der Waals surface area contributed by atoms with Gasteiger partial charge in [0.05, 0.1) is 6.26 Å². The molecular formula is C18H22N4O2. The molecule has 0 aromatic carbocycles. The van der Waals surface area contributed by atoms with E-state index >= 15 is 0 Å². The molecule has 0 unspecified atom stereocenters. The molecule has 0 N–H and O–H groups in total. The smallest absolute Gasteiger partial charge is 0.272 e. The minimum Gasteiger partial charge on any atom is -0.463 e. The van der Waals surface area contributed by atoms with Crippen molar-refractivity contribution < 1.29 is 9.21 Å². The molecule has 1 amide bonds. The molecule has 3 rings (SSSR count). The number of hydrogen-bond acceptors (Lipinski definition) is 4. The molecule has 24 heavy (non-hydrogen) atoms. The number of aromatic nitrogens is 3. The van der Waals surface area contributed by atoms with Crippen molar-refractivity contribution in [3.05, 3.63) is 41.9 Å². The first-order valence-corrected chi connectivity index (χ1v) is 8.33. The molecule has 6 heteroatoms. The molecule has 3 aromatic rings. The van der Waals surface area contributed by atoms with E-state index in [1.807, 2.05) is 38.2 Å². The van der Waals surface area contributed by atoms with Crippen molar-refractivity contribution in [2.75, 3.05) is 13.6 Å². The van der Waals surface area contributed by atoms with Gasteiger partial charge in [-0.15, -0.1) is 0 Å². The van der Waals surface area contributed by atoms with Crippen LogP contribution in [0, 0.1) is 0 Å². The summed E-state index contributed by atoms with van der Waals surface area (Å²) in [4.78, 5) is 18.9. The second kappa shape index (κ2) is 6.86.